The summed E-state index contributed by atoms with van der Waals surface area (Å²) in [6, 6.07) is 3.53. The molecule has 1 N–H and O–H groups in total. The maximum Gasteiger partial charge on any atom is 0.416 e. The molecule has 0 radical (unpaired) electrons. The summed E-state index contributed by atoms with van der Waals surface area (Å²) in [5, 5.41) is 2.30. The van der Waals surface area contributed by atoms with Crippen LogP contribution in [0, 0.1) is 6.92 Å². The number of hydrogen-bond donors (Lipinski definition) is 1. The Hall–Kier alpha value is -2.91. The van der Waals surface area contributed by atoms with Crippen molar-refractivity contribution in [3.05, 3.63) is 52.6 Å². The van der Waals surface area contributed by atoms with Gasteiger partial charge in [0.2, 0.25) is 0 Å². The Kier molecular flexibility index (Phi) is 5.81. The van der Waals surface area contributed by atoms with Crippen LogP contribution in [0.4, 0.5) is 32.0 Å². The van der Waals surface area contributed by atoms with Gasteiger partial charge in [0.15, 0.2) is 11.5 Å². The van der Waals surface area contributed by atoms with E-state index >= 15 is 0 Å². The van der Waals surface area contributed by atoms with Gasteiger partial charge in [-0.05, 0) is 36.8 Å². The highest BCUT2D eigenvalue weighted by atomic mass is 19.4. The van der Waals surface area contributed by atoms with E-state index in [0.717, 1.165) is 0 Å². The predicted octanol–water partition coefficient (Wildman–Crippen LogP) is 5.30. The molecule has 2 aromatic carbocycles. The Morgan fingerprint density at radius 1 is 0.821 bits per heavy atom. The summed E-state index contributed by atoms with van der Waals surface area (Å²) < 4.78 is 87.8. The van der Waals surface area contributed by atoms with Crippen molar-refractivity contribution in [2.45, 2.75) is 19.3 Å². The van der Waals surface area contributed by atoms with Gasteiger partial charge in [-0.25, -0.2) is 0 Å². The lowest BCUT2D eigenvalue weighted by molar-refractivity contribution is -0.143. The van der Waals surface area contributed by atoms with E-state index < -0.39 is 35.0 Å². The second-order valence-corrected chi connectivity index (χ2v) is 5.77. The zero-order chi connectivity index (χ0) is 21.3. The minimum atomic E-state index is -5.05. The standard InChI is InChI=1S/C18H15F6NO3/c1-9-4-14(27-2)15(28-3)8-13(9)25-16(26)10-5-11(17(19,20)21)7-12(6-10)18(22,23)24/h4-8H,1-3H3,(H,25,26). The molecule has 10 heteroatoms. The molecule has 152 valence electrons. The van der Waals surface area contributed by atoms with Crippen LogP contribution in [-0.2, 0) is 12.4 Å². The van der Waals surface area contributed by atoms with Gasteiger partial charge in [0, 0.05) is 17.3 Å². The normalized spacial score (nSPS) is 11.9. The molecule has 0 aromatic heterocycles. The van der Waals surface area contributed by atoms with Gasteiger partial charge >= 0.3 is 12.4 Å². The van der Waals surface area contributed by atoms with Gasteiger partial charge in [0.25, 0.3) is 5.91 Å². The average Bonchev–Trinajstić information content (AvgIpc) is 2.61. The van der Waals surface area contributed by atoms with Crippen molar-refractivity contribution < 1.29 is 40.6 Å². The summed E-state index contributed by atoms with van der Waals surface area (Å²) in [6.07, 6.45) is -10.1. The minimum Gasteiger partial charge on any atom is -0.493 e. The Morgan fingerprint density at radius 3 is 1.71 bits per heavy atom. The Labute approximate surface area is 156 Å². The molecule has 0 heterocycles. The van der Waals surface area contributed by atoms with Gasteiger partial charge in [0.05, 0.1) is 25.3 Å². The van der Waals surface area contributed by atoms with E-state index in [1.165, 1.54) is 26.4 Å². The highest BCUT2D eigenvalue weighted by Gasteiger charge is 2.37. The second kappa shape index (κ2) is 7.61. The van der Waals surface area contributed by atoms with Crippen LogP contribution in [-0.4, -0.2) is 20.1 Å². The largest absolute Gasteiger partial charge is 0.493 e. The molecule has 0 unspecified atom stereocenters. The van der Waals surface area contributed by atoms with Crippen LogP contribution in [0.3, 0.4) is 0 Å². The maximum atomic E-state index is 12.9. The SMILES string of the molecule is COc1cc(C)c(NC(=O)c2cc(C(F)(F)F)cc(C(F)(F)F)c2)cc1OC. The van der Waals surface area contributed by atoms with Crippen LogP contribution in [0.5, 0.6) is 11.5 Å². The molecular formula is C18H15F6NO3. The Bertz CT molecular complexity index is 858. The predicted molar refractivity (Wildman–Crippen MR) is 88.7 cm³/mol. The van der Waals surface area contributed by atoms with Crippen LogP contribution in [0.25, 0.3) is 0 Å². The second-order valence-electron chi connectivity index (χ2n) is 5.77. The molecule has 0 fully saturated rings. The molecule has 0 bridgehead atoms. The minimum absolute atomic E-state index is 0.0432. The molecular weight excluding hydrogens is 392 g/mol. The maximum absolute atomic E-state index is 12.9. The van der Waals surface area contributed by atoms with Crippen LogP contribution >= 0.6 is 0 Å². The monoisotopic (exact) mass is 407 g/mol. The van der Waals surface area contributed by atoms with Crippen LogP contribution in [0.1, 0.15) is 27.0 Å². The molecule has 0 aliphatic heterocycles. The lowest BCUT2D eigenvalue weighted by atomic mass is 10.0. The van der Waals surface area contributed by atoms with Gasteiger partial charge in [-0.2, -0.15) is 26.3 Å². The molecule has 0 saturated carbocycles. The number of amides is 1. The fourth-order valence-corrected chi connectivity index (χ4v) is 2.40. The third kappa shape index (κ3) is 4.68. The third-order valence-electron chi connectivity index (χ3n) is 3.83. The number of nitrogens with one attached hydrogen (secondary N) is 1. The van der Waals surface area contributed by atoms with E-state index in [2.05, 4.69) is 5.32 Å². The smallest absolute Gasteiger partial charge is 0.416 e. The molecule has 0 aliphatic rings. The van der Waals surface area contributed by atoms with Crippen molar-refractivity contribution >= 4 is 11.6 Å². The lowest BCUT2D eigenvalue weighted by Crippen LogP contribution is -2.17. The first-order valence-electron chi connectivity index (χ1n) is 7.70. The van der Waals surface area contributed by atoms with E-state index in [9.17, 15) is 31.1 Å². The summed E-state index contributed by atoms with van der Waals surface area (Å²) in [7, 11) is 2.72. The summed E-state index contributed by atoms with van der Waals surface area (Å²) in [4.78, 5) is 12.4. The summed E-state index contributed by atoms with van der Waals surface area (Å²) in [6.45, 7) is 1.57. The fourth-order valence-electron chi connectivity index (χ4n) is 2.40. The molecule has 2 aromatic rings. The van der Waals surface area contributed by atoms with E-state index in [4.69, 9.17) is 9.47 Å². The molecule has 0 spiro atoms. The number of hydrogen-bond acceptors (Lipinski definition) is 3. The number of alkyl halides is 6. The molecule has 4 nitrogen and oxygen atoms in total. The van der Waals surface area contributed by atoms with Gasteiger partial charge in [-0.1, -0.05) is 0 Å². The highest BCUT2D eigenvalue weighted by molar-refractivity contribution is 6.05. The molecule has 2 rings (SSSR count). The number of carbonyl (C=O) groups is 1. The molecule has 0 atom stereocenters. The number of methoxy groups -OCH3 is 2. The first-order chi connectivity index (χ1) is 12.9. The summed E-state index contributed by atoms with van der Waals surface area (Å²) in [5.74, 6) is -0.563. The van der Waals surface area contributed by atoms with Crippen molar-refractivity contribution in [1.29, 1.82) is 0 Å². The zero-order valence-corrected chi connectivity index (χ0v) is 14.9. The van der Waals surface area contributed by atoms with Gasteiger partial charge in [-0.15, -0.1) is 0 Å². The zero-order valence-electron chi connectivity index (χ0n) is 14.9. The van der Waals surface area contributed by atoms with Crippen LogP contribution in [0.2, 0.25) is 0 Å². The van der Waals surface area contributed by atoms with Crippen molar-refractivity contribution in [3.8, 4) is 11.5 Å². The molecule has 1 amide bonds. The van der Waals surface area contributed by atoms with Crippen molar-refractivity contribution in [1.82, 2.24) is 0 Å². The first kappa shape index (κ1) is 21.4. The van der Waals surface area contributed by atoms with E-state index in [0.29, 0.717) is 23.4 Å². The number of anilines is 1. The number of aryl methyl sites for hydroxylation is 1. The quantitative estimate of drug-likeness (QED) is 0.700. The van der Waals surface area contributed by atoms with E-state index in [1.807, 2.05) is 0 Å². The molecule has 0 saturated heterocycles. The Balaban J connectivity index is 2.47. The topological polar surface area (TPSA) is 47.6 Å². The van der Waals surface area contributed by atoms with E-state index in [-0.39, 0.29) is 17.5 Å². The van der Waals surface area contributed by atoms with Crippen LogP contribution in [0.15, 0.2) is 30.3 Å². The third-order valence-corrected chi connectivity index (χ3v) is 3.83. The van der Waals surface area contributed by atoms with Crippen molar-refractivity contribution in [2.24, 2.45) is 0 Å². The van der Waals surface area contributed by atoms with E-state index in [1.54, 1.807) is 6.92 Å². The summed E-state index contributed by atoms with van der Waals surface area (Å²) >= 11 is 0. The highest BCUT2D eigenvalue weighted by Crippen LogP contribution is 2.37. The summed E-state index contributed by atoms with van der Waals surface area (Å²) in [5.41, 5.74) is -3.31. The average molecular weight is 407 g/mol. The Morgan fingerprint density at radius 2 is 1.29 bits per heavy atom. The molecule has 0 aliphatic carbocycles. The molecule has 28 heavy (non-hydrogen) atoms. The van der Waals surface area contributed by atoms with Crippen molar-refractivity contribution in [2.75, 3.05) is 19.5 Å². The number of benzene rings is 2. The first-order valence-corrected chi connectivity index (χ1v) is 7.70. The van der Waals surface area contributed by atoms with Crippen molar-refractivity contribution in [3.63, 3.8) is 0 Å². The number of carbonyl (C=O) groups excluding carboxylic acids is 1. The fraction of sp³-hybridized carbons (Fsp3) is 0.278. The number of halogens is 6. The van der Waals surface area contributed by atoms with Gasteiger partial charge < -0.3 is 14.8 Å². The van der Waals surface area contributed by atoms with Gasteiger partial charge in [0.1, 0.15) is 0 Å². The van der Waals surface area contributed by atoms with Crippen LogP contribution < -0.4 is 14.8 Å². The number of rotatable bonds is 4. The lowest BCUT2D eigenvalue weighted by Gasteiger charge is -2.16. The van der Waals surface area contributed by atoms with Gasteiger partial charge in [-0.3, -0.25) is 4.79 Å². The number of ether oxygens (including phenoxy) is 2.